The van der Waals surface area contributed by atoms with Crippen LogP contribution >= 0.6 is 11.8 Å². The minimum Gasteiger partial charge on any atom is -0.480 e. The molecule has 2 aliphatic heterocycles. The van der Waals surface area contributed by atoms with Gasteiger partial charge in [0.25, 0.3) is 0 Å². The van der Waals surface area contributed by atoms with Crippen molar-refractivity contribution in [1.82, 2.24) is 4.90 Å². The van der Waals surface area contributed by atoms with Gasteiger partial charge in [-0.15, -0.1) is 11.8 Å². The molecule has 2 rings (SSSR count). The second-order valence-corrected chi connectivity index (χ2v) is 7.51. The smallest absolute Gasteiger partial charge is 0.323 e. The minimum atomic E-state index is -1.05. The second kappa shape index (κ2) is 7.70. The van der Waals surface area contributed by atoms with E-state index in [0.717, 1.165) is 45.2 Å². The molecule has 1 unspecified atom stereocenters. The van der Waals surface area contributed by atoms with Gasteiger partial charge >= 0.3 is 5.97 Å². The van der Waals surface area contributed by atoms with E-state index in [1.807, 2.05) is 11.8 Å². The highest BCUT2D eigenvalue weighted by molar-refractivity contribution is 8.03. The van der Waals surface area contributed by atoms with Crippen LogP contribution in [0.5, 0.6) is 0 Å². The summed E-state index contributed by atoms with van der Waals surface area (Å²) >= 11 is 1.98. The standard InChI is InChI=1S/C15H27BN2O2S/c16-7-2-1-5-15(17,14(19)20)6-9-18-8-3-12-4-10-21-13(12)11-18/h1-11,16-17H2,(H,19,20). The number of hydrogen-bond acceptors (Lipinski definition) is 4. The van der Waals surface area contributed by atoms with Crippen molar-refractivity contribution in [1.29, 1.82) is 0 Å². The van der Waals surface area contributed by atoms with Crippen LogP contribution in [0.2, 0.25) is 6.32 Å². The van der Waals surface area contributed by atoms with Gasteiger partial charge in [-0.2, -0.15) is 0 Å². The number of thioether (sulfide) groups is 1. The largest absolute Gasteiger partial charge is 0.480 e. The van der Waals surface area contributed by atoms with E-state index in [1.165, 1.54) is 17.1 Å². The maximum absolute atomic E-state index is 11.5. The number of nitrogens with zero attached hydrogens (tertiary/aromatic N) is 1. The fourth-order valence-electron chi connectivity index (χ4n) is 3.11. The van der Waals surface area contributed by atoms with Crippen LogP contribution in [0.4, 0.5) is 0 Å². The van der Waals surface area contributed by atoms with Crippen LogP contribution in [0, 0.1) is 0 Å². The first kappa shape index (κ1) is 16.9. The Labute approximate surface area is 132 Å². The molecule has 0 saturated carbocycles. The summed E-state index contributed by atoms with van der Waals surface area (Å²) in [5.74, 6) is 0.386. The van der Waals surface area contributed by atoms with Crippen LogP contribution in [0.15, 0.2) is 10.5 Å². The summed E-state index contributed by atoms with van der Waals surface area (Å²) in [4.78, 5) is 15.4. The fourth-order valence-corrected chi connectivity index (χ4v) is 4.39. The molecule has 2 heterocycles. The molecule has 0 radical (unpaired) electrons. The number of carboxylic acid groups (broad SMARTS) is 1. The molecule has 1 atom stereocenters. The maximum atomic E-state index is 11.5. The molecule has 0 fully saturated rings. The number of aliphatic carboxylic acids is 1. The van der Waals surface area contributed by atoms with E-state index in [-0.39, 0.29) is 0 Å². The van der Waals surface area contributed by atoms with Crippen LogP contribution in [0.1, 0.15) is 38.5 Å². The Morgan fingerprint density at radius 3 is 2.90 bits per heavy atom. The van der Waals surface area contributed by atoms with Gasteiger partial charge in [0, 0.05) is 25.4 Å². The van der Waals surface area contributed by atoms with Crippen molar-refractivity contribution in [2.45, 2.75) is 50.4 Å². The summed E-state index contributed by atoms with van der Waals surface area (Å²) in [5.41, 5.74) is 6.75. The van der Waals surface area contributed by atoms with Crippen molar-refractivity contribution in [3.8, 4) is 0 Å². The third-order valence-corrected chi connectivity index (χ3v) is 5.87. The van der Waals surface area contributed by atoms with Crippen molar-refractivity contribution in [3.63, 3.8) is 0 Å². The molecule has 0 saturated heterocycles. The SMILES string of the molecule is BCCCCC(N)(CCN1CCC2=C(C1)SCC2)C(=O)O. The molecule has 0 amide bonds. The van der Waals surface area contributed by atoms with Gasteiger partial charge < -0.3 is 10.8 Å². The molecule has 0 bridgehead atoms. The summed E-state index contributed by atoms with van der Waals surface area (Å²) < 4.78 is 0. The molecule has 4 nitrogen and oxygen atoms in total. The number of rotatable bonds is 8. The summed E-state index contributed by atoms with van der Waals surface area (Å²) in [5, 5.41) is 9.45. The number of nitrogens with two attached hydrogens (primary N) is 1. The average molecular weight is 310 g/mol. The van der Waals surface area contributed by atoms with E-state index in [1.54, 1.807) is 5.57 Å². The van der Waals surface area contributed by atoms with E-state index < -0.39 is 11.5 Å². The highest BCUT2D eigenvalue weighted by Crippen LogP contribution is 2.36. The monoisotopic (exact) mass is 310 g/mol. The van der Waals surface area contributed by atoms with Crippen molar-refractivity contribution >= 4 is 25.6 Å². The van der Waals surface area contributed by atoms with Gasteiger partial charge in [0.05, 0.1) is 0 Å². The molecule has 0 aromatic carbocycles. The van der Waals surface area contributed by atoms with Crippen LogP contribution in [0.25, 0.3) is 0 Å². The highest BCUT2D eigenvalue weighted by Gasteiger charge is 2.34. The van der Waals surface area contributed by atoms with Gasteiger partial charge in [0.2, 0.25) is 0 Å². The first-order chi connectivity index (χ1) is 10.0. The normalized spacial score (nSPS) is 22.1. The quantitative estimate of drug-likeness (QED) is 0.525. The molecule has 0 spiro atoms. The van der Waals surface area contributed by atoms with E-state index >= 15 is 0 Å². The van der Waals surface area contributed by atoms with Crippen LogP contribution in [-0.4, -0.2) is 54.7 Å². The molecule has 3 N–H and O–H groups in total. The van der Waals surface area contributed by atoms with E-state index in [2.05, 4.69) is 12.7 Å². The Hall–Kier alpha value is -0.455. The second-order valence-electron chi connectivity index (χ2n) is 6.32. The predicted octanol–water partition coefficient (Wildman–Crippen LogP) is 1.48. The van der Waals surface area contributed by atoms with E-state index in [9.17, 15) is 9.90 Å². The Balaban J connectivity index is 1.83. The molecular formula is C15H27BN2O2S. The third kappa shape index (κ3) is 4.50. The third-order valence-electron chi connectivity index (χ3n) is 4.70. The van der Waals surface area contributed by atoms with Gasteiger partial charge in [-0.05, 0) is 30.6 Å². The predicted molar refractivity (Wildman–Crippen MR) is 91.5 cm³/mol. The maximum Gasteiger partial charge on any atom is 0.323 e. The summed E-state index contributed by atoms with van der Waals surface area (Å²) in [6, 6.07) is 0. The zero-order chi connectivity index (χ0) is 15.3. The molecule has 0 aliphatic carbocycles. The van der Waals surface area contributed by atoms with Crippen molar-refractivity contribution < 1.29 is 9.90 Å². The van der Waals surface area contributed by atoms with Crippen LogP contribution in [-0.2, 0) is 4.79 Å². The Morgan fingerprint density at radius 2 is 2.19 bits per heavy atom. The lowest BCUT2D eigenvalue weighted by atomic mass is 9.87. The zero-order valence-corrected chi connectivity index (χ0v) is 13.9. The average Bonchev–Trinajstić information content (AvgIpc) is 2.92. The van der Waals surface area contributed by atoms with E-state index in [4.69, 9.17) is 5.73 Å². The topological polar surface area (TPSA) is 66.6 Å². The molecule has 2 aliphatic rings. The number of unbranched alkanes of at least 4 members (excludes halogenated alkanes) is 1. The lowest BCUT2D eigenvalue weighted by Crippen LogP contribution is -2.50. The van der Waals surface area contributed by atoms with Crippen molar-refractivity contribution in [2.75, 3.05) is 25.4 Å². The number of carboxylic acids is 1. The van der Waals surface area contributed by atoms with Crippen LogP contribution < -0.4 is 5.73 Å². The van der Waals surface area contributed by atoms with Crippen molar-refractivity contribution in [3.05, 3.63) is 10.5 Å². The number of carbonyl (C=O) groups is 1. The molecule has 0 aromatic heterocycles. The fraction of sp³-hybridized carbons (Fsp3) is 0.800. The first-order valence-electron chi connectivity index (χ1n) is 8.13. The Morgan fingerprint density at radius 1 is 1.38 bits per heavy atom. The number of hydrogen-bond donors (Lipinski definition) is 2. The van der Waals surface area contributed by atoms with Gasteiger partial charge in [-0.25, -0.2) is 0 Å². The highest BCUT2D eigenvalue weighted by atomic mass is 32.2. The molecule has 21 heavy (non-hydrogen) atoms. The minimum absolute atomic E-state index is 0.555. The summed E-state index contributed by atoms with van der Waals surface area (Å²) in [6.07, 6.45) is 6.61. The van der Waals surface area contributed by atoms with Gasteiger partial charge in [0.1, 0.15) is 13.4 Å². The van der Waals surface area contributed by atoms with Gasteiger partial charge in [-0.1, -0.05) is 24.7 Å². The summed E-state index contributed by atoms with van der Waals surface area (Å²) in [6.45, 7) is 2.86. The Kier molecular flexibility index (Phi) is 6.20. The van der Waals surface area contributed by atoms with Gasteiger partial charge in [-0.3, -0.25) is 9.69 Å². The van der Waals surface area contributed by atoms with Crippen LogP contribution in [0.3, 0.4) is 0 Å². The molecule has 0 aromatic rings. The lowest BCUT2D eigenvalue weighted by molar-refractivity contribution is -0.144. The molecule has 6 heteroatoms. The first-order valence-corrected chi connectivity index (χ1v) is 9.12. The molecule has 118 valence electrons. The Bertz CT molecular complexity index is 416. The van der Waals surface area contributed by atoms with Gasteiger partial charge in [0.15, 0.2) is 0 Å². The molecular weight excluding hydrogens is 283 g/mol. The van der Waals surface area contributed by atoms with Crippen molar-refractivity contribution in [2.24, 2.45) is 5.73 Å². The zero-order valence-electron chi connectivity index (χ0n) is 13.1. The lowest BCUT2D eigenvalue weighted by Gasteiger charge is -2.32. The van der Waals surface area contributed by atoms with E-state index in [0.29, 0.717) is 12.8 Å². The summed E-state index contributed by atoms with van der Waals surface area (Å²) in [7, 11) is 2.12.